The molecule has 1 amide bonds. The van der Waals surface area contributed by atoms with Gasteiger partial charge in [0.2, 0.25) is 5.91 Å². The van der Waals surface area contributed by atoms with E-state index in [4.69, 9.17) is 10.6 Å². The van der Waals surface area contributed by atoms with E-state index < -0.39 is 30.2 Å². The molecular weight excluding hydrogens is 397 g/mol. The molecule has 1 aromatic carbocycles. The van der Waals surface area contributed by atoms with Crippen molar-refractivity contribution in [2.24, 2.45) is 5.73 Å². The molecule has 0 bridgehead atoms. The summed E-state index contributed by atoms with van der Waals surface area (Å²) < 4.78 is 66.7. The Morgan fingerprint density at radius 1 is 1.31 bits per heavy atom. The molecule has 0 aliphatic carbocycles. The zero-order valence-electron chi connectivity index (χ0n) is 15.9. The standard InChI is InChI=1S/C19H24F5N3O2/c20-18(21)6-2-8-29-27(12-18)11-14(25)9-17(28)26-7-5-15-13(10-26)3-1-4-16(15)19(22,23)24/h1,3-4,14H,2,5-12,25H2/t14-/m0/s1. The second-order valence-electron chi connectivity index (χ2n) is 7.59. The molecule has 2 N–H and O–H groups in total. The summed E-state index contributed by atoms with van der Waals surface area (Å²) in [7, 11) is 0. The Balaban J connectivity index is 1.58. The van der Waals surface area contributed by atoms with Crippen molar-refractivity contribution < 1.29 is 31.6 Å². The van der Waals surface area contributed by atoms with Crippen molar-refractivity contribution in [3.8, 4) is 0 Å². The third-order valence-corrected chi connectivity index (χ3v) is 5.17. The number of carbonyl (C=O) groups is 1. The summed E-state index contributed by atoms with van der Waals surface area (Å²) >= 11 is 0. The van der Waals surface area contributed by atoms with Gasteiger partial charge in [0, 0.05) is 38.5 Å². The lowest BCUT2D eigenvalue weighted by Crippen LogP contribution is -2.45. The lowest BCUT2D eigenvalue weighted by atomic mass is 9.94. The van der Waals surface area contributed by atoms with E-state index in [1.807, 2.05) is 0 Å². The Hall–Kier alpha value is -1.78. The summed E-state index contributed by atoms with van der Waals surface area (Å²) in [4.78, 5) is 19.3. The van der Waals surface area contributed by atoms with E-state index in [2.05, 4.69) is 0 Å². The van der Waals surface area contributed by atoms with Crippen molar-refractivity contribution in [3.63, 3.8) is 0 Å². The molecule has 1 aromatic rings. The van der Waals surface area contributed by atoms with E-state index in [0.717, 1.165) is 11.1 Å². The summed E-state index contributed by atoms with van der Waals surface area (Å²) in [6.07, 6.45) is -4.45. The number of hydroxylamine groups is 2. The largest absolute Gasteiger partial charge is 0.416 e. The molecule has 0 saturated carbocycles. The van der Waals surface area contributed by atoms with Gasteiger partial charge < -0.3 is 10.6 Å². The van der Waals surface area contributed by atoms with E-state index in [1.54, 1.807) is 6.07 Å². The van der Waals surface area contributed by atoms with Gasteiger partial charge in [-0.05, 0) is 30.0 Å². The predicted octanol–water partition coefficient (Wildman–Crippen LogP) is 2.97. The molecule has 0 spiro atoms. The van der Waals surface area contributed by atoms with Gasteiger partial charge in [-0.15, -0.1) is 0 Å². The quantitative estimate of drug-likeness (QED) is 0.760. The fourth-order valence-electron chi connectivity index (χ4n) is 3.79. The normalized spacial score (nSPS) is 21.4. The van der Waals surface area contributed by atoms with Gasteiger partial charge in [-0.1, -0.05) is 12.1 Å². The second-order valence-corrected chi connectivity index (χ2v) is 7.59. The lowest BCUT2D eigenvalue weighted by molar-refractivity contribution is -0.182. The van der Waals surface area contributed by atoms with Crippen LogP contribution < -0.4 is 5.73 Å². The minimum absolute atomic E-state index is 0.0238. The molecule has 29 heavy (non-hydrogen) atoms. The maximum Gasteiger partial charge on any atom is 0.416 e. The van der Waals surface area contributed by atoms with E-state index in [9.17, 15) is 26.7 Å². The first-order valence-electron chi connectivity index (χ1n) is 9.52. The predicted molar refractivity (Wildman–Crippen MR) is 94.9 cm³/mol. The number of rotatable bonds is 4. The van der Waals surface area contributed by atoms with Gasteiger partial charge in [0.05, 0.1) is 18.7 Å². The fourth-order valence-corrected chi connectivity index (χ4v) is 3.79. The van der Waals surface area contributed by atoms with Gasteiger partial charge in [-0.25, -0.2) is 8.78 Å². The maximum atomic E-state index is 13.7. The minimum atomic E-state index is -4.44. The highest BCUT2D eigenvalue weighted by Crippen LogP contribution is 2.35. The first kappa shape index (κ1) is 21.9. The number of nitrogens with zero attached hydrogens (tertiary/aromatic N) is 2. The van der Waals surface area contributed by atoms with E-state index in [-0.39, 0.29) is 63.4 Å². The summed E-state index contributed by atoms with van der Waals surface area (Å²) in [5, 5.41) is 1.10. The fraction of sp³-hybridized carbons (Fsp3) is 0.632. The Bertz CT molecular complexity index is 741. The van der Waals surface area contributed by atoms with Crippen LogP contribution in [0.25, 0.3) is 0 Å². The number of benzene rings is 1. The highest BCUT2D eigenvalue weighted by molar-refractivity contribution is 5.77. The number of amides is 1. The molecule has 10 heteroatoms. The first-order valence-corrected chi connectivity index (χ1v) is 9.52. The van der Waals surface area contributed by atoms with Crippen LogP contribution in [0.1, 0.15) is 36.0 Å². The first-order chi connectivity index (χ1) is 13.5. The number of halogens is 5. The van der Waals surface area contributed by atoms with Gasteiger partial charge in [-0.2, -0.15) is 18.2 Å². The third kappa shape index (κ3) is 5.64. The zero-order valence-corrected chi connectivity index (χ0v) is 15.9. The van der Waals surface area contributed by atoms with Crippen molar-refractivity contribution in [2.75, 3.05) is 26.2 Å². The molecule has 2 aliphatic heterocycles. The van der Waals surface area contributed by atoms with Crippen LogP contribution in [-0.2, 0) is 28.8 Å². The van der Waals surface area contributed by atoms with Gasteiger partial charge in [-0.3, -0.25) is 9.63 Å². The van der Waals surface area contributed by atoms with Gasteiger partial charge in [0.25, 0.3) is 5.92 Å². The number of alkyl halides is 5. The molecule has 1 atom stereocenters. The number of carbonyl (C=O) groups excluding carboxylic acids is 1. The Morgan fingerprint density at radius 3 is 2.79 bits per heavy atom. The Kier molecular flexibility index (Phi) is 6.45. The monoisotopic (exact) mass is 421 g/mol. The van der Waals surface area contributed by atoms with Gasteiger partial charge in [0.15, 0.2) is 0 Å². The van der Waals surface area contributed by atoms with Crippen LogP contribution in [0.4, 0.5) is 22.0 Å². The van der Waals surface area contributed by atoms with E-state index in [0.29, 0.717) is 5.56 Å². The van der Waals surface area contributed by atoms with Crippen LogP contribution in [0.15, 0.2) is 18.2 Å². The molecule has 1 fully saturated rings. The molecular formula is C19H24F5N3O2. The smallest absolute Gasteiger partial charge is 0.338 e. The average molecular weight is 421 g/mol. The Morgan fingerprint density at radius 2 is 2.07 bits per heavy atom. The Labute approximate surface area is 165 Å². The van der Waals surface area contributed by atoms with Crippen LogP contribution in [0.2, 0.25) is 0 Å². The highest BCUT2D eigenvalue weighted by Gasteiger charge is 2.37. The molecule has 2 heterocycles. The third-order valence-electron chi connectivity index (χ3n) is 5.17. The van der Waals surface area contributed by atoms with Crippen molar-refractivity contribution in [2.45, 2.75) is 50.4 Å². The van der Waals surface area contributed by atoms with E-state index >= 15 is 0 Å². The minimum Gasteiger partial charge on any atom is -0.338 e. The van der Waals surface area contributed by atoms with Crippen LogP contribution in [0.3, 0.4) is 0 Å². The lowest BCUT2D eigenvalue weighted by Gasteiger charge is -2.32. The van der Waals surface area contributed by atoms with Crippen LogP contribution in [0, 0.1) is 0 Å². The molecule has 0 radical (unpaired) electrons. The second kappa shape index (κ2) is 8.53. The molecule has 0 unspecified atom stereocenters. The van der Waals surface area contributed by atoms with Crippen LogP contribution >= 0.6 is 0 Å². The number of fused-ring (bicyclic) bond motifs is 1. The van der Waals surface area contributed by atoms with Crippen molar-refractivity contribution >= 4 is 5.91 Å². The molecule has 0 aromatic heterocycles. The molecule has 162 valence electrons. The van der Waals surface area contributed by atoms with Gasteiger partial charge >= 0.3 is 6.18 Å². The average Bonchev–Trinajstić information content (AvgIpc) is 2.79. The van der Waals surface area contributed by atoms with E-state index in [1.165, 1.54) is 11.0 Å². The van der Waals surface area contributed by atoms with Crippen molar-refractivity contribution in [1.29, 1.82) is 0 Å². The highest BCUT2D eigenvalue weighted by atomic mass is 19.4. The van der Waals surface area contributed by atoms with Crippen LogP contribution in [-0.4, -0.2) is 54.1 Å². The number of hydrogen-bond donors (Lipinski definition) is 1. The molecule has 1 saturated heterocycles. The van der Waals surface area contributed by atoms with Crippen molar-refractivity contribution in [1.82, 2.24) is 9.96 Å². The number of hydrogen-bond acceptors (Lipinski definition) is 4. The summed E-state index contributed by atoms with van der Waals surface area (Å²) in [5.41, 5.74) is 5.97. The number of nitrogens with two attached hydrogens (primary N) is 1. The molecule has 2 aliphatic rings. The summed E-state index contributed by atoms with van der Waals surface area (Å²) in [5.74, 6) is -3.19. The summed E-state index contributed by atoms with van der Waals surface area (Å²) in [6, 6.07) is 3.23. The van der Waals surface area contributed by atoms with Crippen molar-refractivity contribution in [3.05, 3.63) is 34.9 Å². The summed E-state index contributed by atoms with van der Waals surface area (Å²) in [6.45, 7) is -0.204. The SMILES string of the molecule is N[C@@H](CC(=O)N1CCc2c(cccc2C(F)(F)F)C1)CN1CC(F)(F)CCCO1. The van der Waals surface area contributed by atoms with Crippen LogP contribution in [0.5, 0.6) is 0 Å². The molecule has 3 rings (SSSR count). The maximum absolute atomic E-state index is 13.7. The topological polar surface area (TPSA) is 58.8 Å². The van der Waals surface area contributed by atoms with Gasteiger partial charge in [0.1, 0.15) is 0 Å². The zero-order chi connectivity index (χ0) is 21.2. The molecule has 5 nitrogen and oxygen atoms in total.